The van der Waals surface area contributed by atoms with Crippen LogP contribution in [0.2, 0.25) is 0 Å². The number of hydrogen-bond donors (Lipinski definition) is 0. The third kappa shape index (κ3) is 6.19. The molecule has 1 aromatic rings. The van der Waals surface area contributed by atoms with E-state index >= 15 is 0 Å². The molecule has 0 saturated heterocycles. The van der Waals surface area contributed by atoms with Crippen LogP contribution in [-0.2, 0) is 6.42 Å². The van der Waals surface area contributed by atoms with Gasteiger partial charge in [0, 0.05) is 0 Å². The molecule has 0 aliphatic heterocycles. The maximum atomic E-state index is 11.9. The molecular weight excluding hydrogens is 229 g/mol. The highest BCUT2D eigenvalue weighted by Crippen LogP contribution is 2.23. The maximum Gasteiger partial charge on any atom is 0.573 e. The summed E-state index contributed by atoms with van der Waals surface area (Å²) in [4.78, 5) is 0. The van der Waals surface area contributed by atoms with Gasteiger partial charge in [-0.05, 0) is 36.5 Å². The molecule has 17 heavy (non-hydrogen) atoms. The van der Waals surface area contributed by atoms with Crippen LogP contribution >= 0.6 is 0 Å². The molecule has 0 aliphatic rings. The van der Waals surface area contributed by atoms with Crippen LogP contribution in [0, 0.1) is 5.92 Å². The number of alkyl halides is 3. The number of rotatable bonds is 5. The van der Waals surface area contributed by atoms with Gasteiger partial charge in [0.1, 0.15) is 5.75 Å². The van der Waals surface area contributed by atoms with E-state index in [4.69, 9.17) is 0 Å². The first-order valence-electron chi connectivity index (χ1n) is 5.71. The summed E-state index contributed by atoms with van der Waals surface area (Å²) < 4.78 is 39.5. The van der Waals surface area contributed by atoms with Crippen molar-refractivity contribution in [3.63, 3.8) is 0 Å². The lowest BCUT2D eigenvalue weighted by atomic mass is 10.0. The smallest absolute Gasteiger partial charge is 0.406 e. The van der Waals surface area contributed by atoms with E-state index in [2.05, 4.69) is 18.6 Å². The minimum absolute atomic E-state index is 0.162. The minimum atomic E-state index is -4.61. The van der Waals surface area contributed by atoms with Crippen molar-refractivity contribution < 1.29 is 17.9 Å². The SMILES string of the molecule is CC(C)CCCc1ccc(OC(F)(F)F)cc1. The van der Waals surface area contributed by atoms with Crippen LogP contribution in [-0.4, -0.2) is 6.36 Å². The lowest BCUT2D eigenvalue weighted by Gasteiger charge is -2.09. The fraction of sp³-hybridized carbons (Fsp3) is 0.538. The topological polar surface area (TPSA) is 9.23 Å². The molecule has 0 radical (unpaired) electrons. The Labute approximate surface area is 99.6 Å². The molecule has 0 fully saturated rings. The maximum absolute atomic E-state index is 11.9. The summed E-state index contributed by atoms with van der Waals surface area (Å²) in [6.45, 7) is 4.31. The molecule has 0 unspecified atom stereocenters. The Bertz CT molecular complexity index is 328. The van der Waals surface area contributed by atoms with Gasteiger partial charge in [-0.2, -0.15) is 0 Å². The van der Waals surface area contributed by atoms with Gasteiger partial charge in [-0.3, -0.25) is 0 Å². The first-order chi connectivity index (χ1) is 7.87. The number of halogens is 3. The quantitative estimate of drug-likeness (QED) is 0.739. The molecule has 0 aliphatic carbocycles. The summed E-state index contributed by atoms with van der Waals surface area (Å²) in [7, 11) is 0. The Morgan fingerprint density at radius 1 is 1.12 bits per heavy atom. The van der Waals surface area contributed by atoms with Crippen LogP contribution < -0.4 is 4.74 Å². The molecule has 1 nitrogen and oxygen atoms in total. The standard InChI is InChI=1S/C13H17F3O/c1-10(2)4-3-5-11-6-8-12(9-7-11)17-13(14,15)16/h6-10H,3-5H2,1-2H3. The fourth-order valence-corrected chi connectivity index (χ4v) is 1.57. The van der Waals surface area contributed by atoms with E-state index in [0.29, 0.717) is 5.92 Å². The van der Waals surface area contributed by atoms with Crippen molar-refractivity contribution in [2.24, 2.45) is 5.92 Å². The van der Waals surface area contributed by atoms with Gasteiger partial charge in [0.05, 0.1) is 0 Å². The van der Waals surface area contributed by atoms with E-state index in [1.165, 1.54) is 12.1 Å². The minimum Gasteiger partial charge on any atom is -0.406 e. The Balaban J connectivity index is 2.45. The van der Waals surface area contributed by atoms with Crippen molar-refractivity contribution in [1.29, 1.82) is 0 Å². The average molecular weight is 246 g/mol. The Morgan fingerprint density at radius 3 is 2.18 bits per heavy atom. The number of hydrogen-bond acceptors (Lipinski definition) is 1. The van der Waals surface area contributed by atoms with Crippen LogP contribution in [0.1, 0.15) is 32.3 Å². The molecule has 0 amide bonds. The van der Waals surface area contributed by atoms with Gasteiger partial charge in [-0.1, -0.05) is 32.4 Å². The molecule has 0 bridgehead atoms. The molecule has 0 aromatic heterocycles. The van der Waals surface area contributed by atoms with Crippen LogP contribution in [0.4, 0.5) is 13.2 Å². The molecule has 4 heteroatoms. The molecule has 1 aromatic carbocycles. The number of aryl methyl sites for hydroxylation is 1. The monoisotopic (exact) mass is 246 g/mol. The molecule has 0 saturated carbocycles. The van der Waals surface area contributed by atoms with E-state index in [9.17, 15) is 13.2 Å². The summed E-state index contributed by atoms with van der Waals surface area (Å²) in [5, 5.41) is 0. The van der Waals surface area contributed by atoms with E-state index < -0.39 is 6.36 Å². The third-order valence-corrected chi connectivity index (χ3v) is 2.40. The summed E-state index contributed by atoms with van der Waals surface area (Å²) in [6, 6.07) is 6.08. The van der Waals surface area contributed by atoms with Gasteiger partial charge >= 0.3 is 6.36 Å². The van der Waals surface area contributed by atoms with Crippen molar-refractivity contribution >= 4 is 0 Å². The number of benzene rings is 1. The Hall–Kier alpha value is -1.19. The van der Waals surface area contributed by atoms with Gasteiger partial charge in [-0.25, -0.2) is 0 Å². The zero-order valence-corrected chi connectivity index (χ0v) is 10.1. The van der Waals surface area contributed by atoms with E-state index in [1.807, 2.05) is 0 Å². The zero-order chi connectivity index (χ0) is 12.9. The first-order valence-corrected chi connectivity index (χ1v) is 5.71. The van der Waals surface area contributed by atoms with Gasteiger partial charge < -0.3 is 4.74 Å². The summed E-state index contributed by atoms with van der Waals surface area (Å²) in [5.74, 6) is 0.493. The Morgan fingerprint density at radius 2 is 1.71 bits per heavy atom. The van der Waals surface area contributed by atoms with Crippen LogP contribution in [0.5, 0.6) is 5.75 Å². The molecule has 0 N–H and O–H groups in total. The third-order valence-electron chi connectivity index (χ3n) is 2.40. The van der Waals surface area contributed by atoms with Crippen molar-refractivity contribution in [3.8, 4) is 5.75 Å². The van der Waals surface area contributed by atoms with Crippen LogP contribution in [0.15, 0.2) is 24.3 Å². The number of ether oxygens (including phenoxy) is 1. The van der Waals surface area contributed by atoms with Crippen LogP contribution in [0.3, 0.4) is 0 Å². The summed E-state index contributed by atoms with van der Waals surface area (Å²) >= 11 is 0. The summed E-state index contributed by atoms with van der Waals surface area (Å²) in [5.41, 5.74) is 1.04. The predicted octanol–water partition coefficient (Wildman–Crippen LogP) is 4.56. The van der Waals surface area contributed by atoms with Crippen molar-refractivity contribution in [1.82, 2.24) is 0 Å². The average Bonchev–Trinajstić information content (AvgIpc) is 2.18. The molecule has 0 spiro atoms. The molecular formula is C13H17F3O. The van der Waals surface area contributed by atoms with Crippen molar-refractivity contribution in [2.75, 3.05) is 0 Å². The van der Waals surface area contributed by atoms with Crippen LogP contribution in [0.25, 0.3) is 0 Å². The van der Waals surface area contributed by atoms with Crippen molar-refractivity contribution in [2.45, 2.75) is 39.5 Å². The van der Waals surface area contributed by atoms with Gasteiger partial charge in [0.2, 0.25) is 0 Å². The Kier molecular flexibility index (Phi) is 4.85. The van der Waals surface area contributed by atoms with E-state index in [-0.39, 0.29) is 5.75 Å². The molecule has 0 atom stereocenters. The molecule has 0 heterocycles. The van der Waals surface area contributed by atoms with Gasteiger partial charge in [0.15, 0.2) is 0 Å². The normalized spacial score (nSPS) is 11.9. The second-order valence-electron chi connectivity index (χ2n) is 4.48. The lowest BCUT2D eigenvalue weighted by molar-refractivity contribution is -0.274. The second kappa shape index (κ2) is 5.94. The van der Waals surface area contributed by atoms with E-state index in [1.54, 1.807) is 12.1 Å². The summed E-state index contributed by atoms with van der Waals surface area (Å²) in [6.07, 6.45) is -1.54. The van der Waals surface area contributed by atoms with Gasteiger partial charge in [-0.15, -0.1) is 13.2 Å². The zero-order valence-electron chi connectivity index (χ0n) is 10.1. The van der Waals surface area contributed by atoms with Gasteiger partial charge in [0.25, 0.3) is 0 Å². The first kappa shape index (κ1) is 13.9. The lowest BCUT2D eigenvalue weighted by Crippen LogP contribution is -2.17. The highest BCUT2D eigenvalue weighted by molar-refractivity contribution is 5.27. The fourth-order valence-electron chi connectivity index (χ4n) is 1.57. The predicted molar refractivity (Wildman–Crippen MR) is 60.9 cm³/mol. The molecule has 96 valence electrons. The highest BCUT2D eigenvalue weighted by atomic mass is 19.4. The van der Waals surface area contributed by atoms with Crippen molar-refractivity contribution in [3.05, 3.63) is 29.8 Å². The second-order valence-corrected chi connectivity index (χ2v) is 4.48. The largest absolute Gasteiger partial charge is 0.573 e. The molecule has 1 rings (SSSR count). The van der Waals surface area contributed by atoms with E-state index in [0.717, 1.165) is 24.8 Å². The highest BCUT2D eigenvalue weighted by Gasteiger charge is 2.30.